The van der Waals surface area contributed by atoms with Crippen molar-refractivity contribution in [2.45, 2.75) is 26.1 Å². The lowest BCUT2D eigenvalue weighted by molar-refractivity contribution is 0.116. The lowest BCUT2D eigenvalue weighted by atomic mass is 10.1. The van der Waals surface area contributed by atoms with Crippen molar-refractivity contribution in [1.82, 2.24) is 20.4 Å². The number of amides is 2. The monoisotopic (exact) mass is 585 g/mol. The third-order valence-electron chi connectivity index (χ3n) is 6.77. The SMILES string of the molecule is O=C(NCCN(Cc1ccccc1)Cc1ccccc1)N(Cc1ccc(-c2nnc(C(F)F)o2)cc1F)c1ccccc1. The summed E-state index contributed by atoms with van der Waals surface area (Å²) >= 11 is 0. The zero-order valence-electron chi connectivity index (χ0n) is 23.2. The van der Waals surface area contributed by atoms with Crippen molar-refractivity contribution in [1.29, 1.82) is 0 Å². The van der Waals surface area contributed by atoms with Gasteiger partial charge in [0.2, 0.25) is 5.89 Å². The van der Waals surface area contributed by atoms with Crippen LogP contribution in [0.3, 0.4) is 0 Å². The molecule has 0 radical (unpaired) electrons. The Hall–Kier alpha value is -4.96. The number of anilines is 1. The second-order valence-electron chi connectivity index (χ2n) is 9.89. The van der Waals surface area contributed by atoms with Crippen molar-refractivity contribution in [3.63, 3.8) is 0 Å². The standard InChI is InChI=1S/C33H30F3N5O2/c34-29-20-26(31-38-39-32(43-31)30(35)36)16-17-27(29)23-41(28-14-8-3-9-15-28)33(42)37-18-19-40(21-24-10-4-1-5-11-24)22-25-12-6-2-7-13-25/h1-17,20,30H,18-19,21-23H2,(H,37,42). The summed E-state index contributed by atoms with van der Waals surface area (Å²) in [5.41, 5.74) is 3.31. The van der Waals surface area contributed by atoms with Crippen molar-refractivity contribution in [3.05, 3.63) is 138 Å². The molecule has 43 heavy (non-hydrogen) atoms. The summed E-state index contributed by atoms with van der Waals surface area (Å²) in [6, 6.07) is 33.0. The number of urea groups is 1. The molecule has 5 aromatic rings. The van der Waals surface area contributed by atoms with Crippen molar-refractivity contribution < 1.29 is 22.4 Å². The average molecular weight is 586 g/mol. The summed E-state index contributed by atoms with van der Waals surface area (Å²) in [5, 5.41) is 9.86. The van der Waals surface area contributed by atoms with Gasteiger partial charge in [-0.2, -0.15) is 8.78 Å². The van der Waals surface area contributed by atoms with E-state index >= 15 is 4.39 Å². The van der Waals surface area contributed by atoms with Crippen LogP contribution in [0.5, 0.6) is 0 Å². The third-order valence-corrected chi connectivity index (χ3v) is 6.77. The Morgan fingerprint density at radius 1 is 0.791 bits per heavy atom. The van der Waals surface area contributed by atoms with Crippen LogP contribution in [0, 0.1) is 5.82 Å². The lowest BCUT2D eigenvalue weighted by Gasteiger charge is -2.26. The number of nitrogens with one attached hydrogen (secondary N) is 1. The van der Waals surface area contributed by atoms with Gasteiger partial charge in [-0.3, -0.25) is 9.80 Å². The maximum absolute atomic E-state index is 15.2. The first kappa shape index (κ1) is 29.5. The number of carbonyl (C=O) groups is 1. The molecule has 1 heterocycles. The van der Waals surface area contributed by atoms with Crippen LogP contribution in [0.1, 0.15) is 29.0 Å². The fourth-order valence-corrected chi connectivity index (χ4v) is 4.62. The minimum atomic E-state index is -2.92. The van der Waals surface area contributed by atoms with Crippen LogP contribution < -0.4 is 10.2 Å². The number of rotatable bonds is 12. The summed E-state index contributed by atoms with van der Waals surface area (Å²) in [6.07, 6.45) is -2.92. The van der Waals surface area contributed by atoms with Crippen molar-refractivity contribution in [3.8, 4) is 11.5 Å². The number of aromatic nitrogens is 2. The topological polar surface area (TPSA) is 74.5 Å². The van der Waals surface area contributed by atoms with E-state index in [2.05, 4.69) is 44.7 Å². The maximum Gasteiger partial charge on any atom is 0.322 e. The van der Waals surface area contributed by atoms with Crippen LogP contribution in [-0.4, -0.2) is 34.2 Å². The number of nitrogens with zero attached hydrogens (tertiary/aromatic N) is 4. The quantitative estimate of drug-likeness (QED) is 0.167. The van der Waals surface area contributed by atoms with Crippen LogP contribution in [0.15, 0.2) is 114 Å². The van der Waals surface area contributed by atoms with E-state index in [1.165, 1.54) is 28.2 Å². The zero-order chi connectivity index (χ0) is 30.0. The van der Waals surface area contributed by atoms with Gasteiger partial charge >= 0.3 is 12.5 Å². The van der Waals surface area contributed by atoms with Crippen LogP contribution >= 0.6 is 0 Å². The highest BCUT2D eigenvalue weighted by molar-refractivity contribution is 5.91. The number of halogens is 3. The highest BCUT2D eigenvalue weighted by Crippen LogP contribution is 2.26. The molecule has 2 amide bonds. The van der Waals surface area contributed by atoms with Gasteiger partial charge in [-0.1, -0.05) is 84.9 Å². The Bertz CT molecular complexity index is 1560. The molecule has 1 aromatic heterocycles. The molecule has 4 aromatic carbocycles. The fraction of sp³-hybridized carbons (Fsp3) is 0.182. The minimum absolute atomic E-state index is 0.0637. The minimum Gasteiger partial charge on any atom is -0.415 e. The van der Waals surface area contributed by atoms with E-state index in [1.807, 2.05) is 42.5 Å². The van der Waals surface area contributed by atoms with Gasteiger partial charge in [0.05, 0.1) is 6.54 Å². The van der Waals surface area contributed by atoms with E-state index in [-0.39, 0.29) is 29.6 Å². The number of alkyl halides is 2. The molecule has 7 nitrogen and oxygen atoms in total. The Morgan fingerprint density at radius 3 is 1.95 bits per heavy atom. The zero-order valence-corrected chi connectivity index (χ0v) is 23.2. The van der Waals surface area contributed by atoms with E-state index in [1.54, 1.807) is 24.3 Å². The highest BCUT2D eigenvalue weighted by atomic mass is 19.3. The van der Waals surface area contributed by atoms with E-state index < -0.39 is 18.1 Å². The smallest absolute Gasteiger partial charge is 0.322 e. The molecular formula is C33H30F3N5O2. The first-order chi connectivity index (χ1) is 21.0. The molecule has 0 saturated heterocycles. The Balaban J connectivity index is 1.28. The number of para-hydroxylation sites is 1. The average Bonchev–Trinajstić information content (AvgIpc) is 3.53. The Labute approximate surface area is 247 Å². The largest absolute Gasteiger partial charge is 0.415 e. The molecule has 5 rings (SSSR count). The maximum atomic E-state index is 15.2. The molecule has 0 atom stereocenters. The van der Waals surface area contributed by atoms with Crippen molar-refractivity contribution in [2.24, 2.45) is 0 Å². The van der Waals surface area contributed by atoms with Gasteiger partial charge in [-0.15, -0.1) is 10.2 Å². The molecule has 0 spiro atoms. The summed E-state index contributed by atoms with van der Waals surface area (Å²) in [6.45, 7) is 2.32. The molecule has 0 aliphatic carbocycles. The van der Waals surface area contributed by atoms with Gasteiger partial charge in [0, 0.05) is 43.0 Å². The summed E-state index contributed by atoms with van der Waals surface area (Å²) < 4.78 is 45.8. The second kappa shape index (κ2) is 14.3. The second-order valence-corrected chi connectivity index (χ2v) is 9.89. The fourth-order valence-electron chi connectivity index (χ4n) is 4.62. The number of hydrogen-bond acceptors (Lipinski definition) is 5. The van der Waals surface area contributed by atoms with E-state index in [9.17, 15) is 13.6 Å². The van der Waals surface area contributed by atoms with Gasteiger partial charge in [-0.25, -0.2) is 9.18 Å². The van der Waals surface area contributed by atoms with Gasteiger partial charge in [0.25, 0.3) is 5.89 Å². The van der Waals surface area contributed by atoms with Gasteiger partial charge < -0.3 is 9.73 Å². The number of hydrogen-bond donors (Lipinski definition) is 1. The molecule has 0 bridgehead atoms. The molecule has 0 unspecified atom stereocenters. The molecule has 0 saturated carbocycles. The van der Waals surface area contributed by atoms with Crippen molar-refractivity contribution >= 4 is 11.7 Å². The summed E-state index contributed by atoms with van der Waals surface area (Å²) in [5.74, 6) is -1.69. The summed E-state index contributed by atoms with van der Waals surface area (Å²) in [7, 11) is 0. The predicted octanol–water partition coefficient (Wildman–Crippen LogP) is 7.23. The normalized spacial score (nSPS) is 11.2. The third kappa shape index (κ3) is 8.08. The first-order valence-corrected chi connectivity index (χ1v) is 13.8. The van der Waals surface area contributed by atoms with Crippen molar-refractivity contribution in [2.75, 3.05) is 18.0 Å². The molecular weight excluding hydrogens is 555 g/mol. The van der Waals surface area contributed by atoms with Gasteiger partial charge in [0.15, 0.2) is 0 Å². The van der Waals surface area contributed by atoms with Crippen LogP contribution in [0.2, 0.25) is 0 Å². The molecule has 10 heteroatoms. The number of carbonyl (C=O) groups excluding carboxylic acids is 1. The first-order valence-electron chi connectivity index (χ1n) is 13.8. The van der Waals surface area contributed by atoms with Gasteiger partial charge in [0.1, 0.15) is 5.82 Å². The molecule has 0 fully saturated rings. The highest BCUT2D eigenvalue weighted by Gasteiger charge is 2.21. The van der Waals surface area contributed by atoms with Crippen LogP contribution in [0.25, 0.3) is 11.5 Å². The van der Waals surface area contributed by atoms with E-state index in [4.69, 9.17) is 4.42 Å². The molecule has 0 aliphatic rings. The molecule has 0 aliphatic heterocycles. The Morgan fingerprint density at radius 2 is 1.40 bits per heavy atom. The molecule has 1 N–H and O–H groups in total. The summed E-state index contributed by atoms with van der Waals surface area (Å²) in [4.78, 5) is 17.2. The number of benzene rings is 4. The van der Waals surface area contributed by atoms with Gasteiger partial charge in [-0.05, 0) is 35.4 Å². The Kier molecular flexibility index (Phi) is 9.81. The van der Waals surface area contributed by atoms with E-state index in [0.29, 0.717) is 31.9 Å². The lowest BCUT2D eigenvalue weighted by Crippen LogP contribution is -2.43. The van der Waals surface area contributed by atoms with Crippen LogP contribution in [0.4, 0.5) is 23.7 Å². The van der Waals surface area contributed by atoms with E-state index in [0.717, 1.165) is 6.07 Å². The van der Waals surface area contributed by atoms with Crippen LogP contribution in [-0.2, 0) is 19.6 Å². The molecule has 220 valence electrons. The predicted molar refractivity (Wildman–Crippen MR) is 158 cm³/mol.